The summed E-state index contributed by atoms with van der Waals surface area (Å²) in [6.45, 7) is 0.473. The third kappa shape index (κ3) is 2.39. The number of nitrogens with zero attached hydrogens (tertiary/aromatic N) is 3. The number of rotatable bonds is 4. The van der Waals surface area contributed by atoms with Crippen LogP contribution in [0.3, 0.4) is 0 Å². The summed E-state index contributed by atoms with van der Waals surface area (Å²) in [6.07, 6.45) is 2.08. The molecule has 0 unspecified atom stereocenters. The summed E-state index contributed by atoms with van der Waals surface area (Å²) < 4.78 is 20.3. The smallest absolute Gasteiger partial charge is 0.144 e. The molecule has 2 heterocycles. The molecular formula is C13H10Cl2FN3O. The predicted octanol–water partition coefficient (Wildman–Crippen LogP) is 3.65. The van der Waals surface area contributed by atoms with E-state index < -0.39 is 5.82 Å². The Morgan fingerprint density at radius 3 is 2.90 bits per heavy atom. The first kappa shape index (κ1) is 13.4. The number of aryl methyl sites for hydroxylation is 1. The highest BCUT2D eigenvalue weighted by molar-refractivity contribution is 6.31. The van der Waals surface area contributed by atoms with Gasteiger partial charge in [0.15, 0.2) is 0 Å². The molecule has 0 aliphatic rings. The zero-order valence-electron chi connectivity index (χ0n) is 10.3. The minimum absolute atomic E-state index is 0.0660. The van der Waals surface area contributed by atoms with Crippen molar-refractivity contribution >= 4 is 34.2 Å². The van der Waals surface area contributed by atoms with Crippen molar-refractivity contribution in [2.45, 2.75) is 13.0 Å². The van der Waals surface area contributed by atoms with Crippen LogP contribution in [0.5, 0.6) is 0 Å². The molecule has 0 spiro atoms. The standard InChI is InChI=1S/C13H10Cl2FN3O/c14-3-1-13-17-11-6-10(16)9(15)5-12(11)19(13)7-8-2-4-20-18-8/h2,4-6H,1,3,7H2. The summed E-state index contributed by atoms with van der Waals surface area (Å²) in [5, 5.41) is 3.94. The Morgan fingerprint density at radius 1 is 1.35 bits per heavy atom. The van der Waals surface area contributed by atoms with E-state index in [0.29, 0.717) is 24.4 Å². The molecule has 0 amide bonds. The number of benzene rings is 1. The number of alkyl halides is 1. The SMILES string of the molecule is Fc1cc2nc(CCCl)n(Cc3ccon3)c2cc1Cl. The average molecular weight is 314 g/mol. The van der Waals surface area contributed by atoms with Gasteiger partial charge in [0.25, 0.3) is 0 Å². The van der Waals surface area contributed by atoms with Crippen LogP contribution in [-0.2, 0) is 13.0 Å². The third-order valence-corrected chi connectivity index (χ3v) is 3.48. The molecule has 0 bridgehead atoms. The Labute approximate surface area is 124 Å². The van der Waals surface area contributed by atoms with Crippen LogP contribution in [0.25, 0.3) is 11.0 Å². The van der Waals surface area contributed by atoms with Gasteiger partial charge in [0, 0.05) is 24.4 Å². The van der Waals surface area contributed by atoms with Crippen molar-refractivity contribution in [2.24, 2.45) is 0 Å². The molecule has 7 heteroatoms. The molecule has 104 valence electrons. The molecule has 3 rings (SSSR count). The maximum Gasteiger partial charge on any atom is 0.144 e. The lowest BCUT2D eigenvalue weighted by atomic mass is 10.3. The number of fused-ring (bicyclic) bond motifs is 1. The van der Waals surface area contributed by atoms with E-state index in [0.717, 1.165) is 17.0 Å². The average Bonchev–Trinajstić information content (AvgIpc) is 3.02. The molecule has 0 atom stereocenters. The third-order valence-electron chi connectivity index (χ3n) is 3.00. The first-order chi connectivity index (χ1) is 9.69. The first-order valence-corrected chi connectivity index (χ1v) is 6.89. The van der Waals surface area contributed by atoms with E-state index in [-0.39, 0.29) is 5.02 Å². The molecule has 0 fully saturated rings. The quantitative estimate of drug-likeness (QED) is 0.691. The van der Waals surface area contributed by atoms with Gasteiger partial charge in [0.1, 0.15) is 23.6 Å². The van der Waals surface area contributed by atoms with Gasteiger partial charge in [-0.1, -0.05) is 16.8 Å². The predicted molar refractivity (Wildman–Crippen MR) is 74.7 cm³/mol. The van der Waals surface area contributed by atoms with Crippen LogP contribution in [0, 0.1) is 5.82 Å². The molecule has 0 N–H and O–H groups in total. The van der Waals surface area contributed by atoms with Gasteiger partial charge in [-0.3, -0.25) is 0 Å². The molecule has 3 aromatic rings. The molecule has 0 saturated heterocycles. The lowest BCUT2D eigenvalue weighted by Gasteiger charge is -2.06. The van der Waals surface area contributed by atoms with E-state index in [2.05, 4.69) is 10.1 Å². The van der Waals surface area contributed by atoms with E-state index in [9.17, 15) is 4.39 Å². The zero-order chi connectivity index (χ0) is 14.1. The summed E-state index contributed by atoms with van der Waals surface area (Å²) in [6, 6.07) is 4.66. The van der Waals surface area contributed by atoms with E-state index in [4.69, 9.17) is 27.7 Å². The number of halogens is 3. The molecular weight excluding hydrogens is 304 g/mol. The van der Waals surface area contributed by atoms with Crippen LogP contribution >= 0.6 is 23.2 Å². The Kier molecular flexibility index (Phi) is 3.63. The summed E-state index contributed by atoms with van der Waals surface area (Å²) in [7, 11) is 0. The molecule has 0 aliphatic carbocycles. The second-order valence-electron chi connectivity index (χ2n) is 4.30. The Balaban J connectivity index is 2.15. The highest BCUT2D eigenvalue weighted by atomic mass is 35.5. The molecule has 0 saturated carbocycles. The molecule has 1 aromatic carbocycles. The normalized spacial score (nSPS) is 11.3. The van der Waals surface area contributed by atoms with E-state index in [1.54, 1.807) is 12.1 Å². The van der Waals surface area contributed by atoms with Crippen molar-refractivity contribution in [1.29, 1.82) is 0 Å². The topological polar surface area (TPSA) is 43.9 Å². The molecule has 0 radical (unpaired) electrons. The summed E-state index contributed by atoms with van der Waals surface area (Å²) in [4.78, 5) is 4.41. The second kappa shape index (κ2) is 5.42. The Hall–Kier alpha value is -1.59. The number of hydrogen-bond acceptors (Lipinski definition) is 3. The largest absolute Gasteiger partial charge is 0.364 e. The monoisotopic (exact) mass is 313 g/mol. The van der Waals surface area contributed by atoms with Gasteiger partial charge in [-0.25, -0.2) is 9.37 Å². The van der Waals surface area contributed by atoms with Gasteiger partial charge in [-0.15, -0.1) is 11.6 Å². The fraction of sp³-hybridized carbons (Fsp3) is 0.231. The van der Waals surface area contributed by atoms with E-state index in [1.165, 1.54) is 12.3 Å². The van der Waals surface area contributed by atoms with E-state index in [1.807, 2.05) is 4.57 Å². The highest BCUT2D eigenvalue weighted by Gasteiger charge is 2.14. The maximum absolute atomic E-state index is 13.5. The van der Waals surface area contributed by atoms with Gasteiger partial charge in [0.05, 0.1) is 22.6 Å². The molecule has 2 aromatic heterocycles. The van der Waals surface area contributed by atoms with Crippen LogP contribution in [0.15, 0.2) is 29.0 Å². The highest BCUT2D eigenvalue weighted by Crippen LogP contribution is 2.25. The first-order valence-electron chi connectivity index (χ1n) is 5.98. The van der Waals surface area contributed by atoms with Gasteiger partial charge < -0.3 is 9.09 Å². The van der Waals surface area contributed by atoms with Crippen molar-refractivity contribution in [1.82, 2.24) is 14.7 Å². The minimum atomic E-state index is -0.484. The van der Waals surface area contributed by atoms with Crippen molar-refractivity contribution < 1.29 is 8.91 Å². The molecule has 20 heavy (non-hydrogen) atoms. The fourth-order valence-electron chi connectivity index (χ4n) is 2.10. The minimum Gasteiger partial charge on any atom is -0.364 e. The van der Waals surface area contributed by atoms with Crippen LogP contribution < -0.4 is 0 Å². The van der Waals surface area contributed by atoms with Crippen molar-refractivity contribution in [3.05, 3.63) is 46.8 Å². The number of imidazole rings is 1. The zero-order valence-corrected chi connectivity index (χ0v) is 11.8. The summed E-state index contributed by atoms with van der Waals surface area (Å²) in [5.74, 6) is 0.709. The Morgan fingerprint density at radius 2 is 2.20 bits per heavy atom. The summed E-state index contributed by atoms with van der Waals surface area (Å²) >= 11 is 11.6. The van der Waals surface area contributed by atoms with Gasteiger partial charge in [-0.2, -0.15) is 0 Å². The van der Waals surface area contributed by atoms with Crippen molar-refractivity contribution in [3.8, 4) is 0 Å². The number of hydrogen-bond donors (Lipinski definition) is 0. The molecule has 4 nitrogen and oxygen atoms in total. The van der Waals surface area contributed by atoms with Crippen molar-refractivity contribution in [3.63, 3.8) is 0 Å². The van der Waals surface area contributed by atoms with Crippen LogP contribution in [0.2, 0.25) is 5.02 Å². The second-order valence-corrected chi connectivity index (χ2v) is 5.08. The number of aromatic nitrogens is 3. The van der Waals surface area contributed by atoms with E-state index >= 15 is 0 Å². The molecule has 0 aliphatic heterocycles. The summed E-state index contributed by atoms with van der Waals surface area (Å²) in [5.41, 5.74) is 2.05. The fourth-order valence-corrected chi connectivity index (χ4v) is 2.43. The van der Waals surface area contributed by atoms with Gasteiger partial charge in [-0.05, 0) is 6.07 Å². The van der Waals surface area contributed by atoms with Crippen LogP contribution in [0.4, 0.5) is 4.39 Å². The Bertz CT molecular complexity index is 740. The maximum atomic E-state index is 13.5. The van der Waals surface area contributed by atoms with Gasteiger partial charge >= 0.3 is 0 Å². The lowest BCUT2D eigenvalue weighted by Crippen LogP contribution is -2.06. The van der Waals surface area contributed by atoms with Crippen LogP contribution in [0.1, 0.15) is 11.5 Å². The van der Waals surface area contributed by atoms with Crippen molar-refractivity contribution in [2.75, 3.05) is 5.88 Å². The van der Waals surface area contributed by atoms with Crippen LogP contribution in [-0.4, -0.2) is 20.6 Å². The van der Waals surface area contributed by atoms with Gasteiger partial charge in [0.2, 0.25) is 0 Å². The lowest BCUT2D eigenvalue weighted by molar-refractivity contribution is 0.409.